The molecule has 1 aromatic carbocycles. The molecule has 0 aliphatic rings. The lowest BCUT2D eigenvalue weighted by Gasteiger charge is -2.04. The van der Waals surface area contributed by atoms with E-state index in [2.05, 4.69) is 30.6 Å². The zero-order valence-corrected chi connectivity index (χ0v) is 17.6. The van der Waals surface area contributed by atoms with Crippen LogP contribution in [0.3, 0.4) is 0 Å². The number of aromatic amines is 1. The van der Waals surface area contributed by atoms with Gasteiger partial charge in [-0.15, -0.1) is 0 Å². The van der Waals surface area contributed by atoms with Gasteiger partial charge >= 0.3 is 6.03 Å². The molecule has 3 heterocycles. The van der Waals surface area contributed by atoms with Crippen molar-refractivity contribution in [2.45, 2.75) is 15.8 Å². The van der Waals surface area contributed by atoms with Gasteiger partial charge in [0.15, 0.2) is 5.13 Å². The molecule has 10 heteroatoms. The van der Waals surface area contributed by atoms with Crippen molar-refractivity contribution < 1.29 is 9.53 Å². The van der Waals surface area contributed by atoms with Gasteiger partial charge in [-0.05, 0) is 24.3 Å². The van der Waals surface area contributed by atoms with Crippen molar-refractivity contribution >= 4 is 34.3 Å². The smallest absolute Gasteiger partial charge is 0.321 e. The average Bonchev–Trinajstić information content (AvgIpc) is 3.43. The third-order valence-electron chi connectivity index (χ3n) is 3.97. The number of thiazole rings is 1. The Morgan fingerprint density at radius 1 is 1.17 bits per heavy atom. The summed E-state index contributed by atoms with van der Waals surface area (Å²) in [5, 5.41) is 6.90. The number of pyridine rings is 1. The summed E-state index contributed by atoms with van der Waals surface area (Å²) in [6.45, 7) is 0.261. The summed E-state index contributed by atoms with van der Waals surface area (Å²) in [5.74, 6) is 1.42. The van der Waals surface area contributed by atoms with E-state index >= 15 is 0 Å². The molecule has 2 amide bonds. The number of rotatable bonds is 7. The lowest BCUT2D eigenvalue weighted by Crippen LogP contribution is -2.28. The van der Waals surface area contributed by atoms with Crippen LogP contribution in [-0.2, 0) is 6.54 Å². The lowest BCUT2D eigenvalue weighted by atomic mass is 10.1. The maximum atomic E-state index is 12.2. The number of hydrogen-bond donors (Lipinski definition) is 3. The van der Waals surface area contributed by atoms with Crippen LogP contribution in [-0.4, -0.2) is 33.1 Å². The average molecular weight is 439 g/mol. The molecule has 0 radical (unpaired) electrons. The van der Waals surface area contributed by atoms with E-state index in [0.717, 1.165) is 26.2 Å². The van der Waals surface area contributed by atoms with Gasteiger partial charge in [0.05, 0.1) is 36.0 Å². The second kappa shape index (κ2) is 9.42. The van der Waals surface area contributed by atoms with Crippen LogP contribution in [0.2, 0.25) is 0 Å². The van der Waals surface area contributed by atoms with Gasteiger partial charge in [0.1, 0.15) is 16.6 Å². The van der Waals surface area contributed by atoms with Crippen LogP contribution < -0.4 is 15.4 Å². The molecule has 4 aromatic rings. The molecule has 0 aliphatic heterocycles. The van der Waals surface area contributed by atoms with Crippen molar-refractivity contribution in [2.24, 2.45) is 0 Å². The van der Waals surface area contributed by atoms with Crippen LogP contribution in [0.4, 0.5) is 9.93 Å². The SMILES string of the molecule is COc1cccc(-c2cnc(CNC(=O)Nc3ncc(Sc4ccccn4)s3)[nH]2)c1. The van der Waals surface area contributed by atoms with Crippen LogP contribution in [0.15, 0.2) is 70.3 Å². The largest absolute Gasteiger partial charge is 0.497 e. The van der Waals surface area contributed by atoms with Gasteiger partial charge in [-0.3, -0.25) is 5.32 Å². The molecule has 0 unspecified atom stereocenters. The van der Waals surface area contributed by atoms with Crippen molar-refractivity contribution in [3.05, 3.63) is 66.9 Å². The summed E-state index contributed by atoms with van der Waals surface area (Å²) in [5.41, 5.74) is 1.81. The van der Waals surface area contributed by atoms with E-state index in [4.69, 9.17) is 4.74 Å². The summed E-state index contributed by atoms with van der Waals surface area (Å²) in [4.78, 5) is 28.2. The molecule has 4 rings (SSSR count). The standard InChI is InChI=1S/C20H18N6O2S2/c1-28-14-6-4-5-13(9-14)15-10-22-16(25-15)11-23-19(27)26-20-24-12-18(30-20)29-17-7-2-3-8-21-17/h2-10,12H,11H2,1H3,(H,22,25)(H2,23,24,26,27). The summed E-state index contributed by atoms with van der Waals surface area (Å²) < 4.78 is 6.19. The van der Waals surface area contributed by atoms with E-state index in [1.807, 2.05) is 42.5 Å². The summed E-state index contributed by atoms with van der Waals surface area (Å²) in [6, 6.07) is 13.0. The van der Waals surface area contributed by atoms with Crippen molar-refractivity contribution in [1.82, 2.24) is 25.3 Å². The number of carbonyl (C=O) groups excluding carboxylic acids is 1. The molecule has 30 heavy (non-hydrogen) atoms. The van der Waals surface area contributed by atoms with Gasteiger partial charge in [0.25, 0.3) is 0 Å². The Morgan fingerprint density at radius 3 is 2.93 bits per heavy atom. The number of nitrogens with zero attached hydrogens (tertiary/aromatic N) is 3. The number of H-pyrrole nitrogens is 1. The number of urea groups is 1. The maximum Gasteiger partial charge on any atom is 0.321 e. The summed E-state index contributed by atoms with van der Waals surface area (Å²) >= 11 is 2.89. The molecule has 0 aliphatic carbocycles. The number of aromatic nitrogens is 4. The summed E-state index contributed by atoms with van der Waals surface area (Å²) in [6.07, 6.45) is 5.18. The van der Waals surface area contributed by atoms with Gasteiger partial charge in [-0.2, -0.15) is 0 Å². The van der Waals surface area contributed by atoms with Crippen molar-refractivity contribution in [2.75, 3.05) is 12.4 Å². The predicted molar refractivity (Wildman–Crippen MR) is 117 cm³/mol. The quantitative estimate of drug-likeness (QED) is 0.395. The van der Waals surface area contributed by atoms with Crippen molar-refractivity contribution in [3.8, 4) is 17.0 Å². The number of ether oxygens (including phenoxy) is 1. The van der Waals surface area contributed by atoms with Gasteiger partial charge in [-0.1, -0.05) is 41.3 Å². The van der Waals surface area contributed by atoms with E-state index in [1.54, 1.807) is 25.7 Å². The number of methoxy groups -OCH3 is 1. The number of hydrogen-bond acceptors (Lipinski definition) is 7. The fourth-order valence-electron chi connectivity index (χ4n) is 2.57. The van der Waals surface area contributed by atoms with Crippen LogP contribution in [0.1, 0.15) is 5.82 Å². The number of carbonyl (C=O) groups is 1. The van der Waals surface area contributed by atoms with E-state index in [-0.39, 0.29) is 12.6 Å². The number of nitrogens with one attached hydrogen (secondary N) is 3. The second-order valence-electron chi connectivity index (χ2n) is 6.04. The number of anilines is 1. The summed E-state index contributed by atoms with van der Waals surface area (Å²) in [7, 11) is 1.63. The normalized spacial score (nSPS) is 10.6. The van der Waals surface area contributed by atoms with Gasteiger partial charge in [-0.25, -0.2) is 19.7 Å². The molecular weight excluding hydrogens is 420 g/mol. The second-order valence-corrected chi connectivity index (χ2v) is 8.39. The lowest BCUT2D eigenvalue weighted by molar-refractivity contribution is 0.251. The zero-order valence-electron chi connectivity index (χ0n) is 16.0. The molecular formula is C20H18N6O2S2. The van der Waals surface area contributed by atoms with Crippen LogP contribution in [0.5, 0.6) is 5.75 Å². The highest BCUT2D eigenvalue weighted by atomic mass is 32.2. The fraction of sp³-hybridized carbons (Fsp3) is 0.100. The van der Waals surface area contributed by atoms with E-state index in [0.29, 0.717) is 11.0 Å². The highest BCUT2D eigenvalue weighted by Gasteiger charge is 2.10. The first kappa shape index (κ1) is 19.9. The van der Waals surface area contributed by atoms with E-state index < -0.39 is 0 Å². The fourth-order valence-corrected chi connectivity index (χ4v) is 4.35. The Hall–Kier alpha value is -3.37. The van der Waals surface area contributed by atoms with Crippen molar-refractivity contribution in [3.63, 3.8) is 0 Å². The number of amides is 2. The van der Waals surface area contributed by atoms with Gasteiger partial charge < -0.3 is 15.0 Å². The Morgan fingerprint density at radius 2 is 2.10 bits per heavy atom. The van der Waals surface area contributed by atoms with E-state index in [1.165, 1.54) is 23.1 Å². The Kier molecular flexibility index (Phi) is 6.26. The zero-order chi connectivity index (χ0) is 20.8. The van der Waals surface area contributed by atoms with Gasteiger partial charge in [0, 0.05) is 11.8 Å². The highest BCUT2D eigenvalue weighted by Crippen LogP contribution is 2.32. The van der Waals surface area contributed by atoms with Crippen LogP contribution in [0.25, 0.3) is 11.3 Å². The predicted octanol–water partition coefficient (Wildman–Crippen LogP) is 4.41. The van der Waals surface area contributed by atoms with Gasteiger partial charge in [0.2, 0.25) is 0 Å². The maximum absolute atomic E-state index is 12.2. The minimum absolute atomic E-state index is 0.261. The molecule has 0 fully saturated rings. The van der Waals surface area contributed by atoms with Crippen molar-refractivity contribution in [1.29, 1.82) is 0 Å². The Bertz CT molecular complexity index is 1130. The molecule has 0 atom stereocenters. The highest BCUT2D eigenvalue weighted by molar-refractivity contribution is 8.01. The van der Waals surface area contributed by atoms with Crippen LogP contribution in [0, 0.1) is 0 Å². The third kappa shape index (κ3) is 5.16. The molecule has 0 saturated heterocycles. The Labute approximate surface area is 181 Å². The molecule has 0 saturated carbocycles. The molecule has 8 nitrogen and oxygen atoms in total. The number of benzene rings is 1. The molecule has 152 valence electrons. The molecule has 0 spiro atoms. The van der Waals surface area contributed by atoms with E-state index in [9.17, 15) is 4.79 Å². The minimum Gasteiger partial charge on any atom is -0.497 e. The molecule has 3 N–H and O–H groups in total. The molecule has 3 aromatic heterocycles. The first-order valence-electron chi connectivity index (χ1n) is 8.97. The first-order valence-corrected chi connectivity index (χ1v) is 10.6. The minimum atomic E-state index is -0.349. The molecule has 0 bridgehead atoms. The monoisotopic (exact) mass is 438 g/mol. The first-order chi connectivity index (χ1) is 14.7. The topological polar surface area (TPSA) is 105 Å². The Balaban J connectivity index is 1.30. The third-order valence-corrected chi connectivity index (χ3v) is 5.94. The number of imidazole rings is 1. The van der Waals surface area contributed by atoms with Crippen LogP contribution >= 0.6 is 23.1 Å².